The molecule has 5 nitrogen and oxygen atoms in total. The fourth-order valence-electron chi connectivity index (χ4n) is 2.26. The molecule has 3 N–H and O–H groups in total. The second-order valence-corrected chi connectivity index (χ2v) is 7.10. The van der Waals surface area contributed by atoms with Crippen molar-refractivity contribution < 1.29 is 13.2 Å². The Balaban J connectivity index is 2.12. The van der Waals surface area contributed by atoms with Crippen LogP contribution in [-0.2, 0) is 10.0 Å². The molecule has 1 amide bonds. The molecule has 0 saturated heterocycles. The van der Waals surface area contributed by atoms with E-state index in [1.54, 1.807) is 13.0 Å². The molecule has 23 heavy (non-hydrogen) atoms. The Kier molecular flexibility index (Phi) is 5.18. The lowest BCUT2D eigenvalue weighted by atomic mass is 10.0. The summed E-state index contributed by atoms with van der Waals surface area (Å²) in [6.45, 7) is 4.23. The quantitative estimate of drug-likeness (QED) is 0.879. The van der Waals surface area contributed by atoms with Crippen molar-refractivity contribution in [3.8, 4) is 0 Å². The zero-order valence-electron chi connectivity index (χ0n) is 13.1. The third kappa shape index (κ3) is 4.40. The van der Waals surface area contributed by atoms with E-state index >= 15 is 0 Å². The smallest absolute Gasteiger partial charge is 0.251 e. The van der Waals surface area contributed by atoms with E-state index in [1.165, 1.54) is 12.1 Å². The highest BCUT2D eigenvalue weighted by Gasteiger charge is 2.15. The molecule has 0 fully saturated rings. The Morgan fingerprint density at radius 3 is 2.43 bits per heavy atom. The summed E-state index contributed by atoms with van der Waals surface area (Å²) < 4.78 is 22.8. The lowest BCUT2D eigenvalue weighted by Gasteiger charge is -2.14. The van der Waals surface area contributed by atoms with Crippen molar-refractivity contribution in [3.05, 3.63) is 65.2 Å². The van der Waals surface area contributed by atoms with E-state index in [9.17, 15) is 13.2 Å². The third-order valence-electron chi connectivity index (χ3n) is 3.72. The predicted molar refractivity (Wildman–Crippen MR) is 89.7 cm³/mol. The van der Waals surface area contributed by atoms with E-state index in [0.29, 0.717) is 17.7 Å². The number of carbonyl (C=O) groups excluding carboxylic acids is 1. The van der Waals surface area contributed by atoms with Crippen molar-refractivity contribution >= 4 is 15.9 Å². The minimum Gasteiger partial charge on any atom is -0.351 e. The molecule has 2 aromatic carbocycles. The second kappa shape index (κ2) is 6.93. The van der Waals surface area contributed by atoms with Gasteiger partial charge in [-0.05, 0) is 36.1 Å². The van der Waals surface area contributed by atoms with Crippen LogP contribution in [-0.4, -0.2) is 20.9 Å². The van der Waals surface area contributed by atoms with Gasteiger partial charge in [-0.25, -0.2) is 13.6 Å². The number of benzene rings is 2. The zero-order valence-corrected chi connectivity index (χ0v) is 13.9. The summed E-state index contributed by atoms with van der Waals surface area (Å²) in [5.74, 6) is -0.155. The van der Waals surface area contributed by atoms with E-state index in [1.807, 2.05) is 37.3 Å². The Morgan fingerprint density at radius 1 is 1.17 bits per heavy atom. The molecule has 0 aliphatic rings. The van der Waals surface area contributed by atoms with Crippen molar-refractivity contribution in [2.75, 3.05) is 6.54 Å². The van der Waals surface area contributed by atoms with Crippen LogP contribution < -0.4 is 10.5 Å². The predicted octanol–water partition coefficient (Wildman–Crippen LogP) is 2.18. The van der Waals surface area contributed by atoms with Gasteiger partial charge in [0.15, 0.2) is 0 Å². The molecule has 2 rings (SSSR count). The first-order chi connectivity index (χ1) is 10.8. The van der Waals surface area contributed by atoms with Crippen LogP contribution in [0.5, 0.6) is 0 Å². The second-order valence-electron chi connectivity index (χ2n) is 5.54. The zero-order chi connectivity index (χ0) is 17.0. The average Bonchev–Trinajstić information content (AvgIpc) is 2.52. The van der Waals surface area contributed by atoms with Crippen molar-refractivity contribution in [1.82, 2.24) is 5.32 Å². The maximum Gasteiger partial charge on any atom is 0.251 e. The summed E-state index contributed by atoms with van der Waals surface area (Å²) in [4.78, 5) is 12.3. The first kappa shape index (κ1) is 17.2. The van der Waals surface area contributed by atoms with Gasteiger partial charge in [0.25, 0.3) is 5.91 Å². The normalized spacial score (nSPS) is 12.7. The van der Waals surface area contributed by atoms with Gasteiger partial charge in [0, 0.05) is 12.1 Å². The van der Waals surface area contributed by atoms with Gasteiger partial charge in [0.2, 0.25) is 10.0 Å². The number of hydrogen-bond donors (Lipinski definition) is 2. The fourth-order valence-corrected chi connectivity index (χ4v) is 2.80. The van der Waals surface area contributed by atoms with Gasteiger partial charge in [-0.3, -0.25) is 4.79 Å². The highest BCUT2D eigenvalue weighted by molar-refractivity contribution is 7.89. The van der Waals surface area contributed by atoms with E-state index < -0.39 is 10.0 Å². The molecule has 0 aliphatic carbocycles. The average molecular weight is 332 g/mol. The molecular weight excluding hydrogens is 312 g/mol. The van der Waals surface area contributed by atoms with Gasteiger partial charge in [-0.15, -0.1) is 0 Å². The molecule has 0 spiro atoms. The van der Waals surface area contributed by atoms with Gasteiger partial charge < -0.3 is 5.32 Å². The fraction of sp³-hybridized carbons (Fsp3) is 0.235. The van der Waals surface area contributed by atoms with Crippen LogP contribution in [0.2, 0.25) is 0 Å². The van der Waals surface area contributed by atoms with Crippen LogP contribution in [0.1, 0.15) is 34.3 Å². The third-order valence-corrected chi connectivity index (χ3v) is 4.63. The number of amides is 1. The first-order valence-electron chi connectivity index (χ1n) is 7.25. The topological polar surface area (TPSA) is 89.3 Å². The molecule has 0 bridgehead atoms. The molecule has 0 aromatic heterocycles. The van der Waals surface area contributed by atoms with Crippen LogP contribution in [0.25, 0.3) is 0 Å². The Morgan fingerprint density at radius 2 is 1.83 bits per heavy atom. The number of primary sulfonamides is 1. The van der Waals surface area contributed by atoms with Gasteiger partial charge in [-0.1, -0.05) is 43.3 Å². The molecule has 2 aromatic rings. The maximum atomic E-state index is 12.3. The summed E-state index contributed by atoms with van der Waals surface area (Å²) >= 11 is 0. The van der Waals surface area contributed by atoms with Crippen LogP contribution in [0.15, 0.2) is 53.4 Å². The number of sulfonamides is 1. The Bertz CT molecular complexity index is 802. The van der Waals surface area contributed by atoms with E-state index in [-0.39, 0.29) is 16.7 Å². The molecular formula is C17H20N2O3S. The largest absolute Gasteiger partial charge is 0.351 e. The number of carbonyl (C=O) groups is 1. The molecule has 0 unspecified atom stereocenters. The summed E-state index contributed by atoms with van der Waals surface area (Å²) in [6, 6.07) is 14.1. The number of aryl methyl sites for hydroxylation is 1. The summed E-state index contributed by atoms with van der Waals surface area (Å²) in [7, 11) is -3.83. The van der Waals surface area contributed by atoms with Gasteiger partial charge in [0.05, 0.1) is 4.90 Å². The van der Waals surface area contributed by atoms with Crippen LogP contribution in [0, 0.1) is 6.92 Å². The number of hydrogen-bond acceptors (Lipinski definition) is 3. The molecule has 0 heterocycles. The summed E-state index contributed by atoms with van der Waals surface area (Å²) in [5, 5.41) is 7.96. The van der Waals surface area contributed by atoms with Gasteiger partial charge in [-0.2, -0.15) is 0 Å². The number of nitrogens with one attached hydrogen (secondary N) is 1. The molecule has 0 saturated carbocycles. The van der Waals surface area contributed by atoms with Crippen molar-refractivity contribution in [2.24, 2.45) is 5.14 Å². The molecule has 0 radical (unpaired) electrons. The number of nitrogens with two attached hydrogens (primary N) is 1. The monoisotopic (exact) mass is 332 g/mol. The highest BCUT2D eigenvalue weighted by Crippen LogP contribution is 2.16. The molecule has 6 heteroatoms. The van der Waals surface area contributed by atoms with E-state index in [4.69, 9.17) is 5.14 Å². The summed E-state index contributed by atoms with van der Waals surface area (Å²) in [6.07, 6.45) is 0. The maximum absolute atomic E-state index is 12.3. The molecule has 122 valence electrons. The van der Waals surface area contributed by atoms with Gasteiger partial charge in [0.1, 0.15) is 0 Å². The minimum absolute atomic E-state index is 0.0654. The van der Waals surface area contributed by atoms with Crippen LogP contribution in [0.4, 0.5) is 0 Å². The number of rotatable bonds is 5. The van der Waals surface area contributed by atoms with Crippen LogP contribution in [0.3, 0.4) is 0 Å². The highest BCUT2D eigenvalue weighted by atomic mass is 32.2. The Labute approximate surface area is 136 Å². The molecule has 0 aliphatic heterocycles. The minimum atomic E-state index is -3.83. The van der Waals surface area contributed by atoms with Crippen molar-refractivity contribution in [1.29, 1.82) is 0 Å². The lowest BCUT2D eigenvalue weighted by molar-refractivity contribution is 0.0951. The standard InChI is InChI=1S/C17H20N2O3S/c1-12-8-9-15(23(18,21)22)10-16(12)17(20)19-11-13(2)14-6-4-3-5-7-14/h3-10,13H,11H2,1-2H3,(H,19,20)(H2,18,21,22)/t13-/m0/s1. The van der Waals surface area contributed by atoms with Crippen LogP contribution >= 0.6 is 0 Å². The van der Waals surface area contributed by atoms with E-state index in [0.717, 1.165) is 5.56 Å². The SMILES string of the molecule is Cc1ccc(S(N)(=O)=O)cc1C(=O)NC[C@H](C)c1ccccc1. The molecule has 1 atom stereocenters. The van der Waals surface area contributed by atoms with Crippen molar-refractivity contribution in [3.63, 3.8) is 0 Å². The van der Waals surface area contributed by atoms with E-state index in [2.05, 4.69) is 5.32 Å². The summed E-state index contributed by atoms with van der Waals surface area (Å²) in [5.41, 5.74) is 2.14. The Hall–Kier alpha value is -2.18. The van der Waals surface area contributed by atoms with Gasteiger partial charge >= 0.3 is 0 Å². The van der Waals surface area contributed by atoms with Crippen molar-refractivity contribution in [2.45, 2.75) is 24.7 Å². The lowest BCUT2D eigenvalue weighted by Crippen LogP contribution is -2.28. The first-order valence-corrected chi connectivity index (χ1v) is 8.80.